The molecule has 29 heavy (non-hydrogen) atoms. The summed E-state index contributed by atoms with van der Waals surface area (Å²) in [6.07, 6.45) is -8.24. The monoisotopic (exact) mass is 413 g/mol. The van der Waals surface area contributed by atoms with Crippen molar-refractivity contribution in [3.8, 4) is 11.1 Å². The SMILES string of the molecule is CCOC(=O)c1cnc2cc(C(F)(F)F)ccc2c1-c1cccc(C(F)(F)F)c1. The van der Waals surface area contributed by atoms with Gasteiger partial charge in [-0.2, -0.15) is 26.3 Å². The van der Waals surface area contributed by atoms with Crippen LogP contribution in [0.3, 0.4) is 0 Å². The van der Waals surface area contributed by atoms with Gasteiger partial charge in [0.15, 0.2) is 0 Å². The fourth-order valence-corrected chi connectivity index (χ4v) is 2.90. The van der Waals surface area contributed by atoms with Crippen LogP contribution in [0.5, 0.6) is 0 Å². The molecule has 3 aromatic rings. The van der Waals surface area contributed by atoms with Gasteiger partial charge in [-0.15, -0.1) is 0 Å². The first-order chi connectivity index (χ1) is 13.5. The van der Waals surface area contributed by atoms with Gasteiger partial charge in [-0.1, -0.05) is 18.2 Å². The average molecular weight is 413 g/mol. The van der Waals surface area contributed by atoms with Gasteiger partial charge in [0.1, 0.15) is 0 Å². The van der Waals surface area contributed by atoms with Gasteiger partial charge in [-0.3, -0.25) is 4.98 Å². The molecular formula is C20H13F6NO2. The summed E-state index contributed by atoms with van der Waals surface area (Å²) in [6.45, 7) is 1.55. The van der Waals surface area contributed by atoms with Crippen LogP contribution in [0.2, 0.25) is 0 Å². The van der Waals surface area contributed by atoms with Crippen LogP contribution in [0.4, 0.5) is 26.3 Å². The second-order valence-corrected chi connectivity index (χ2v) is 6.08. The summed E-state index contributed by atoms with van der Waals surface area (Å²) in [5.74, 6) is -0.839. The molecule has 0 amide bonds. The van der Waals surface area contributed by atoms with Crippen molar-refractivity contribution < 1.29 is 35.9 Å². The minimum Gasteiger partial charge on any atom is -0.462 e. The van der Waals surface area contributed by atoms with Gasteiger partial charge < -0.3 is 4.74 Å². The first-order valence-corrected chi connectivity index (χ1v) is 8.37. The molecule has 0 atom stereocenters. The minimum absolute atomic E-state index is 0.00587. The van der Waals surface area contributed by atoms with E-state index in [1.807, 2.05) is 0 Å². The molecule has 0 aliphatic heterocycles. The van der Waals surface area contributed by atoms with E-state index in [2.05, 4.69) is 4.98 Å². The zero-order valence-electron chi connectivity index (χ0n) is 14.9. The van der Waals surface area contributed by atoms with Crippen molar-refractivity contribution in [2.75, 3.05) is 6.61 Å². The number of carbonyl (C=O) groups excluding carboxylic acids is 1. The Morgan fingerprint density at radius 3 is 2.24 bits per heavy atom. The Morgan fingerprint density at radius 2 is 1.62 bits per heavy atom. The molecule has 0 saturated heterocycles. The quantitative estimate of drug-likeness (QED) is 0.384. The number of rotatable bonds is 3. The predicted octanol–water partition coefficient (Wildman–Crippen LogP) is 6.12. The molecule has 0 fully saturated rings. The van der Waals surface area contributed by atoms with E-state index in [9.17, 15) is 31.1 Å². The summed E-state index contributed by atoms with van der Waals surface area (Å²) < 4.78 is 83.3. The van der Waals surface area contributed by atoms with Gasteiger partial charge >= 0.3 is 18.3 Å². The lowest BCUT2D eigenvalue weighted by atomic mass is 9.94. The highest BCUT2D eigenvalue weighted by molar-refractivity contribution is 6.06. The molecule has 1 heterocycles. The summed E-state index contributed by atoms with van der Waals surface area (Å²) in [7, 11) is 0. The Balaban J connectivity index is 2.32. The number of ether oxygens (including phenoxy) is 1. The van der Waals surface area contributed by atoms with Crippen molar-refractivity contribution in [2.24, 2.45) is 0 Å². The molecule has 0 spiro atoms. The van der Waals surface area contributed by atoms with Gasteiger partial charge in [-0.05, 0) is 36.8 Å². The average Bonchev–Trinajstić information content (AvgIpc) is 2.65. The van der Waals surface area contributed by atoms with Gasteiger partial charge in [0.2, 0.25) is 0 Å². The number of fused-ring (bicyclic) bond motifs is 1. The van der Waals surface area contributed by atoms with E-state index in [-0.39, 0.29) is 34.2 Å². The molecule has 152 valence electrons. The highest BCUT2D eigenvalue weighted by Gasteiger charge is 2.32. The van der Waals surface area contributed by atoms with Crippen molar-refractivity contribution in [3.63, 3.8) is 0 Å². The molecule has 0 N–H and O–H groups in total. The highest BCUT2D eigenvalue weighted by Crippen LogP contribution is 2.38. The van der Waals surface area contributed by atoms with Crippen LogP contribution in [-0.2, 0) is 17.1 Å². The van der Waals surface area contributed by atoms with Crippen molar-refractivity contribution >= 4 is 16.9 Å². The zero-order valence-corrected chi connectivity index (χ0v) is 14.9. The Labute approximate surface area is 160 Å². The third-order valence-corrected chi connectivity index (χ3v) is 4.17. The third-order valence-electron chi connectivity index (χ3n) is 4.17. The Morgan fingerprint density at radius 1 is 0.966 bits per heavy atom. The van der Waals surface area contributed by atoms with Crippen LogP contribution < -0.4 is 0 Å². The van der Waals surface area contributed by atoms with Gasteiger partial charge in [0.25, 0.3) is 0 Å². The normalized spacial score (nSPS) is 12.2. The third kappa shape index (κ3) is 4.18. The number of aromatic nitrogens is 1. The number of nitrogens with zero attached hydrogens (tertiary/aromatic N) is 1. The van der Waals surface area contributed by atoms with E-state index in [1.165, 1.54) is 6.07 Å². The second-order valence-electron chi connectivity index (χ2n) is 6.08. The van der Waals surface area contributed by atoms with Crippen molar-refractivity contribution in [1.29, 1.82) is 0 Å². The maximum absolute atomic E-state index is 13.1. The van der Waals surface area contributed by atoms with Crippen molar-refractivity contribution in [1.82, 2.24) is 4.98 Å². The number of pyridine rings is 1. The first-order valence-electron chi connectivity index (χ1n) is 8.37. The van der Waals surface area contributed by atoms with Gasteiger partial charge in [-0.25, -0.2) is 4.79 Å². The molecule has 3 rings (SSSR count). The molecule has 0 saturated carbocycles. The van der Waals surface area contributed by atoms with Crippen LogP contribution >= 0.6 is 0 Å². The number of halogens is 6. The Kier molecular flexibility index (Phi) is 5.25. The molecule has 1 aromatic heterocycles. The largest absolute Gasteiger partial charge is 0.462 e. The number of esters is 1. The molecule has 0 bridgehead atoms. The number of hydrogen-bond donors (Lipinski definition) is 0. The Hall–Kier alpha value is -3.10. The topological polar surface area (TPSA) is 39.2 Å². The van der Waals surface area contributed by atoms with Crippen LogP contribution in [0.1, 0.15) is 28.4 Å². The number of benzene rings is 2. The van der Waals surface area contributed by atoms with Crippen LogP contribution in [-0.4, -0.2) is 17.6 Å². The number of alkyl halides is 6. The lowest BCUT2D eigenvalue weighted by Crippen LogP contribution is -2.09. The van der Waals surface area contributed by atoms with E-state index >= 15 is 0 Å². The molecule has 0 aliphatic rings. The lowest BCUT2D eigenvalue weighted by Gasteiger charge is -2.15. The van der Waals surface area contributed by atoms with Gasteiger partial charge in [0, 0.05) is 17.1 Å². The van der Waals surface area contributed by atoms with Gasteiger partial charge in [0.05, 0.1) is 28.8 Å². The van der Waals surface area contributed by atoms with E-state index < -0.39 is 29.4 Å². The maximum Gasteiger partial charge on any atom is 0.416 e. The number of carbonyl (C=O) groups is 1. The summed E-state index contributed by atoms with van der Waals surface area (Å²) in [5, 5.41) is 0.0999. The zero-order chi connectivity index (χ0) is 21.4. The van der Waals surface area contributed by atoms with E-state index in [4.69, 9.17) is 4.74 Å². The van der Waals surface area contributed by atoms with E-state index in [1.54, 1.807) is 6.92 Å². The molecule has 0 aliphatic carbocycles. The summed E-state index contributed by atoms with van der Waals surface area (Å²) in [5.41, 5.74) is -2.14. The highest BCUT2D eigenvalue weighted by atomic mass is 19.4. The van der Waals surface area contributed by atoms with E-state index in [0.29, 0.717) is 0 Å². The minimum atomic E-state index is -4.63. The standard InChI is InChI=1S/C20H13F6NO2/c1-2-29-18(28)15-10-27-16-9-13(20(24,25)26)6-7-14(16)17(15)11-4-3-5-12(8-11)19(21,22)23/h3-10H,2H2,1H3. The molecule has 2 aromatic carbocycles. The first kappa shape index (κ1) is 20.6. The molecule has 0 radical (unpaired) electrons. The van der Waals surface area contributed by atoms with Crippen LogP contribution in [0.15, 0.2) is 48.7 Å². The van der Waals surface area contributed by atoms with Crippen LogP contribution in [0.25, 0.3) is 22.0 Å². The summed E-state index contributed by atoms with van der Waals surface area (Å²) in [4.78, 5) is 16.2. The Bertz CT molecular complexity index is 1070. The van der Waals surface area contributed by atoms with Crippen LogP contribution in [0, 0.1) is 0 Å². The fourth-order valence-electron chi connectivity index (χ4n) is 2.90. The predicted molar refractivity (Wildman–Crippen MR) is 93.1 cm³/mol. The maximum atomic E-state index is 13.1. The lowest BCUT2D eigenvalue weighted by molar-refractivity contribution is -0.138. The molecule has 9 heteroatoms. The summed E-state index contributed by atoms with van der Waals surface area (Å²) >= 11 is 0. The fraction of sp³-hybridized carbons (Fsp3) is 0.200. The molecule has 3 nitrogen and oxygen atoms in total. The van der Waals surface area contributed by atoms with Crippen molar-refractivity contribution in [2.45, 2.75) is 19.3 Å². The molecule has 0 unspecified atom stereocenters. The number of hydrogen-bond acceptors (Lipinski definition) is 3. The van der Waals surface area contributed by atoms with E-state index in [0.717, 1.165) is 42.6 Å². The smallest absolute Gasteiger partial charge is 0.416 e. The second kappa shape index (κ2) is 7.38. The summed E-state index contributed by atoms with van der Waals surface area (Å²) in [6, 6.07) is 6.84. The van der Waals surface area contributed by atoms with Crippen molar-refractivity contribution in [3.05, 3.63) is 65.4 Å². The molecular weight excluding hydrogens is 400 g/mol.